The van der Waals surface area contributed by atoms with Crippen molar-refractivity contribution in [2.45, 2.75) is 12.5 Å². The van der Waals surface area contributed by atoms with Crippen LogP contribution in [0.5, 0.6) is 0 Å². The molecule has 1 heterocycles. The molecule has 0 saturated carbocycles. The molecule has 90 valence electrons. The molecule has 0 spiro atoms. The first-order chi connectivity index (χ1) is 8.20. The molecular weight excluding hydrogens is 277 g/mol. The van der Waals surface area contributed by atoms with Crippen LogP contribution < -0.4 is 5.32 Å². The van der Waals surface area contributed by atoms with Crippen LogP contribution in [-0.2, 0) is 6.42 Å². The van der Waals surface area contributed by atoms with Gasteiger partial charge in [-0.3, -0.25) is 0 Å². The lowest BCUT2D eigenvalue weighted by Crippen LogP contribution is -2.17. The van der Waals surface area contributed by atoms with Crippen molar-refractivity contribution >= 4 is 34.7 Å². The highest BCUT2D eigenvalue weighted by molar-refractivity contribution is 7.05. The molecule has 0 aliphatic heterocycles. The Balaban J connectivity index is 2.19. The molecule has 1 atom stereocenters. The van der Waals surface area contributed by atoms with E-state index in [1.165, 1.54) is 11.5 Å². The van der Waals surface area contributed by atoms with Crippen molar-refractivity contribution in [1.29, 1.82) is 0 Å². The van der Waals surface area contributed by atoms with Crippen molar-refractivity contribution in [1.82, 2.24) is 14.9 Å². The van der Waals surface area contributed by atoms with Crippen molar-refractivity contribution < 1.29 is 0 Å². The fraction of sp³-hybridized carbons (Fsp3) is 0.273. The van der Waals surface area contributed by atoms with E-state index in [2.05, 4.69) is 14.9 Å². The molecule has 2 rings (SSSR count). The van der Waals surface area contributed by atoms with Gasteiger partial charge in [0.05, 0.1) is 11.1 Å². The third kappa shape index (κ3) is 3.16. The van der Waals surface area contributed by atoms with Gasteiger partial charge in [0.25, 0.3) is 0 Å². The van der Waals surface area contributed by atoms with Crippen molar-refractivity contribution in [2.24, 2.45) is 0 Å². The van der Waals surface area contributed by atoms with Crippen LogP contribution in [0.4, 0.5) is 0 Å². The van der Waals surface area contributed by atoms with E-state index in [-0.39, 0.29) is 6.04 Å². The summed E-state index contributed by atoms with van der Waals surface area (Å²) in [6, 6.07) is 5.73. The maximum atomic E-state index is 6.15. The topological polar surface area (TPSA) is 37.8 Å². The third-order valence-corrected chi connectivity index (χ3v) is 3.87. The molecule has 0 aliphatic carbocycles. The van der Waals surface area contributed by atoms with Gasteiger partial charge in [0.2, 0.25) is 0 Å². The van der Waals surface area contributed by atoms with Crippen LogP contribution in [0.25, 0.3) is 0 Å². The summed E-state index contributed by atoms with van der Waals surface area (Å²) in [5.41, 5.74) is 1.06. The lowest BCUT2D eigenvalue weighted by molar-refractivity contribution is 0.601. The van der Waals surface area contributed by atoms with Gasteiger partial charge in [-0.2, -0.15) is 0 Å². The van der Waals surface area contributed by atoms with Crippen LogP contribution in [-0.4, -0.2) is 16.6 Å². The first-order valence-corrected chi connectivity index (χ1v) is 6.62. The molecule has 1 N–H and O–H groups in total. The minimum absolute atomic E-state index is 0.175. The van der Waals surface area contributed by atoms with E-state index in [1.807, 2.05) is 19.2 Å². The predicted molar refractivity (Wildman–Crippen MR) is 71.9 cm³/mol. The molecule has 0 fully saturated rings. The summed E-state index contributed by atoms with van der Waals surface area (Å²) in [6.45, 7) is 0. The molecule has 0 amide bonds. The molecule has 0 saturated heterocycles. The lowest BCUT2D eigenvalue weighted by atomic mass is 10.1. The van der Waals surface area contributed by atoms with Gasteiger partial charge >= 0.3 is 0 Å². The summed E-state index contributed by atoms with van der Waals surface area (Å²) in [6.07, 6.45) is 2.56. The summed E-state index contributed by atoms with van der Waals surface area (Å²) in [5.74, 6) is 0. The fourth-order valence-corrected chi connectivity index (χ4v) is 2.68. The molecule has 0 aliphatic rings. The first kappa shape index (κ1) is 12.8. The normalized spacial score (nSPS) is 12.6. The van der Waals surface area contributed by atoms with Crippen molar-refractivity contribution in [3.05, 3.63) is 44.9 Å². The van der Waals surface area contributed by atoms with Gasteiger partial charge in [0.15, 0.2) is 0 Å². The first-order valence-electron chi connectivity index (χ1n) is 5.09. The Morgan fingerprint density at radius 2 is 2.24 bits per heavy atom. The number of hydrogen-bond acceptors (Lipinski definition) is 4. The summed E-state index contributed by atoms with van der Waals surface area (Å²) in [4.78, 5) is 1.10. The summed E-state index contributed by atoms with van der Waals surface area (Å²) in [7, 11) is 1.91. The Morgan fingerprint density at radius 1 is 1.41 bits per heavy atom. The number of rotatable bonds is 4. The van der Waals surface area contributed by atoms with Crippen LogP contribution in [0.1, 0.15) is 16.5 Å². The second kappa shape index (κ2) is 5.78. The average Bonchev–Trinajstić information content (AvgIpc) is 2.81. The second-order valence-corrected chi connectivity index (χ2v) is 5.26. The molecule has 17 heavy (non-hydrogen) atoms. The van der Waals surface area contributed by atoms with Crippen molar-refractivity contribution in [3.8, 4) is 0 Å². The van der Waals surface area contributed by atoms with E-state index in [0.29, 0.717) is 10.0 Å². The highest BCUT2D eigenvalue weighted by Crippen LogP contribution is 2.26. The molecule has 0 bridgehead atoms. The Labute approximate surface area is 114 Å². The maximum Gasteiger partial charge on any atom is 0.0669 e. The monoisotopic (exact) mass is 287 g/mol. The Morgan fingerprint density at radius 3 is 2.82 bits per heavy atom. The lowest BCUT2D eigenvalue weighted by Gasteiger charge is -2.14. The van der Waals surface area contributed by atoms with Gasteiger partial charge < -0.3 is 5.32 Å². The number of benzene rings is 1. The molecule has 6 heteroatoms. The van der Waals surface area contributed by atoms with E-state index in [9.17, 15) is 0 Å². The highest BCUT2D eigenvalue weighted by atomic mass is 35.5. The van der Waals surface area contributed by atoms with Crippen LogP contribution in [0.3, 0.4) is 0 Å². The largest absolute Gasteiger partial charge is 0.312 e. The molecular formula is C11H11Cl2N3S. The van der Waals surface area contributed by atoms with Gasteiger partial charge in [0.1, 0.15) is 0 Å². The number of nitrogens with one attached hydrogen (secondary N) is 1. The van der Waals surface area contributed by atoms with Gasteiger partial charge in [-0.1, -0.05) is 33.8 Å². The van der Waals surface area contributed by atoms with Gasteiger partial charge in [-0.15, -0.1) is 5.10 Å². The van der Waals surface area contributed by atoms with E-state index >= 15 is 0 Å². The van der Waals surface area contributed by atoms with Crippen molar-refractivity contribution in [3.63, 3.8) is 0 Å². The summed E-state index contributed by atoms with van der Waals surface area (Å²) >= 11 is 13.4. The molecule has 0 radical (unpaired) electrons. The van der Waals surface area contributed by atoms with E-state index < -0.39 is 0 Å². The smallest absolute Gasteiger partial charge is 0.0669 e. The summed E-state index contributed by atoms with van der Waals surface area (Å²) in [5, 5.41) is 8.42. The minimum Gasteiger partial charge on any atom is -0.312 e. The Hall–Kier alpha value is -0.680. The third-order valence-electron chi connectivity index (χ3n) is 2.51. The maximum absolute atomic E-state index is 6.15. The zero-order chi connectivity index (χ0) is 12.3. The second-order valence-electron chi connectivity index (χ2n) is 3.60. The van der Waals surface area contributed by atoms with Gasteiger partial charge in [-0.05, 0) is 42.7 Å². The molecule has 2 aromatic rings. The minimum atomic E-state index is 0.175. The molecule has 1 aromatic heterocycles. The SMILES string of the molecule is CNC(Cc1ccc(Cl)cc1Cl)c1cnns1. The molecule has 3 nitrogen and oxygen atoms in total. The van der Waals surface area contributed by atoms with Crippen LogP contribution in [0, 0.1) is 0 Å². The number of likely N-dealkylation sites (N-methyl/N-ethyl adjacent to an activating group) is 1. The number of hydrogen-bond donors (Lipinski definition) is 1. The summed E-state index contributed by atoms with van der Waals surface area (Å²) < 4.78 is 3.87. The van der Waals surface area contributed by atoms with E-state index in [4.69, 9.17) is 23.2 Å². The average molecular weight is 288 g/mol. The van der Waals surface area contributed by atoms with Crippen molar-refractivity contribution in [2.75, 3.05) is 7.05 Å². The van der Waals surface area contributed by atoms with E-state index in [1.54, 1.807) is 12.3 Å². The Bertz CT molecular complexity index is 487. The van der Waals surface area contributed by atoms with E-state index in [0.717, 1.165) is 16.9 Å². The predicted octanol–water partition coefficient (Wildman–Crippen LogP) is 3.35. The number of aromatic nitrogens is 2. The van der Waals surface area contributed by atoms with Gasteiger partial charge in [0, 0.05) is 16.1 Å². The number of halogens is 2. The Kier molecular flexibility index (Phi) is 4.34. The quantitative estimate of drug-likeness (QED) is 0.937. The van der Waals surface area contributed by atoms with Crippen LogP contribution in [0.2, 0.25) is 10.0 Å². The van der Waals surface area contributed by atoms with Crippen LogP contribution >= 0.6 is 34.7 Å². The van der Waals surface area contributed by atoms with Gasteiger partial charge in [-0.25, -0.2) is 0 Å². The fourth-order valence-electron chi connectivity index (χ4n) is 1.58. The molecule has 1 aromatic carbocycles. The zero-order valence-electron chi connectivity index (χ0n) is 9.15. The standard InChI is InChI=1S/C11H11Cl2N3S/c1-14-10(11-6-15-16-17-11)4-7-2-3-8(12)5-9(7)13/h2-3,5-6,10,14H,4H2,1H3. The highest BCUT2D eigenvalue weighted by Gasteiger charge is 2.14. The molecule has 1 unspecified atom stereocenters. The van der Waals surface area contributed by atoms with Crippen LogP contribution in [0.15, 0.2) is 24.4 Å². The number of nitrogens with zero attached hydrogens (tertiary/aromatic N) is 2. The zero-order valence-corrected chi connectivity index (χ0v) is 11.5.